The number of nitrogens with zero attached hydrogens (tertiary/aromatic N) is 1. The molecule has 1 rings (SSSR count). The molecule has 1 heterocycles. The third kappa shape index (κ3) is 4.29. The summed E-state index contributed by atoms with van der Waals surface area (Å²) < 4.78 is 32.5. The fourth-order valence-electron chi connectivity index (χ4n) is 2.07. The highest BCUT2D eigenvalue weighted by Crippen LogP contribution is 2.26. The average Bonchev–Trinajstić information content (AvgIpc) is 2.61. The van der Waals surface area contributed by atoms with E-state index in [1.54, 1.807) is 6.92 Å². The van der Waals surface area contributed by atoms with E-state index in [1.807, 2.05) is 19.0 Å². The molecule has 0 amide bonds. The lowest BCUT2D eigenvalue weighted by Gasteiger charge is -2.16. The monoisotopic (exact) mass is 318 g/mol. The van der Waals surface area contributed by atoms with Gasteiger partial charge in [0.15, 0.2) is 0 Å². The highest BCUT2D eigenvalue weighted by molar-refractivity contribution is 7.89. The SMILES string of the molecule is Cc1oc(C)c(S(=O)(=O)NC(C)CCN(C)C)c1C(=O)O. The predicted octanol–water partition coefficient (Wildman–Crippen LogP) is 1.21. The number of carboxylic acids is 1. The van der Waals surface area contributed by atoms with Crippen molar-refractivity contribution >= 4 is 16.0 Å². The number of furan rings is 1. The smallest absolute Gasteiger partial charge is 0.340 e. The lowest BCUT2D eigenvalue weighted by Crippen LogP contribution is -2.35. The van der Waals surface area contributed by atoms with Crippen molar-refractivity contribution in [3.05, 3.63) is 17.1 Å². The number of sulfonamides is 1. The lowest BCUT2D eigenvalue weighted by molar-refractivity contribution is 0.0691. The van der Waals surface area contributed by atoms with Gasteiger partial charge in [-0.15, -0.1) is 0 Å². The molecule has 0 aromatic carbocycles. The van der Waals surface area contributed by atoms with Gasteiger partial charge >= 0.3 is 5.97 Å². The third-order valence-corrected chi connectivity index (χ3v) is 4.80. The van der Waals surface area contributed by atoms with Gasteiger partial charge in [-0.3, -0.25) is 0 Å². The minimum Gasteiger partial charge on any atom is -0.478 e. The van der Waals surface area contributed by atoms with E-state index in [9.17, 15) is 18.3 Å². The fourth-order valence-corrected chi connectivity index (χ4v) is 3.75. The van der Waals surface area contributed by atoms with Crippen LogP contribution in [0.4, 0.5) is 0 Å². The largest absolute Gasteiger partial charge is 0.478 e. The van der Waals surface area contributed by atoms with Crippen LogP contribution in [0.5, 0.6) is 0 Å². The second-order valence-electron chi connectivity index (χ2n) is 5.34. The number of rotatable bonds is 7. The Morgan fingerprint density at radius 2 is 1.90 bits per heavy atom. The second kappa shape index (κ2) is 6.59. The standard InChI is InChI=1S/C13H22N2O5S/c1-8(6-7-15(4)5)14-21(18,19)12-10(3)20-9(2)11(12)13(16)17/h8,14H,6-7H2,1-5H3,(H,16,17). The second-order valence-corrected chi connectivity index (χ2v) is 6.99. The fraction of sp³-hybridized carbons (Fsp3) is 0.615. The van der Waals surface area contributed by atoms with Crippen molar-refractivity contribution in [1.82, 2.24) is 9.62 Å². The Hall–Kier alpha value is -1.38. The van der Waals surface area contributed by atoms with Crippen LogP contribution in [0.15, 0.2) is 9.31 Å². The van der Waals surface area contributed by atoms with Gasteiger partial charge in [0.1, 0.15) is 22.0 Å². The zero-order chi connectivity index (χ0) is 16.4. The Morgan fingerprint density at radius 3 is 2.38 bits per heavy atom. The van der Waals surface area contributed by atoms with Gasteiger partial charge in [-0.05, 0) is 47.8 Å². The van der Waals surface area contributed by atoms with Gasteiger partial charge in [0.05, 0.1) is 0 Å². The van der Waals surface area contributed by atoms with E-state index in [4.69, 9.17) is 4.42 Å². The summed E-state index contributed by atoms with van der Waals surface area (Å²) in [7, 11) is -0.144. The van der Waals surface area contributed by atoms with E-state index in [0.29, 0.717) is 6.42 Å². The first kappa shape index (κ1) is 17.7. The third-order valence-electron chi connectivity index (χ3n) is 3.05. The maximum Gasteiger partial charge on any atom is 0.340 e. The van der Waals surface area contributed by atoms with E-state index in [0.717, 1.165) is 6.54 Å². The zero-order valence-electron chi connectivity index (χ0n) is 12.9. The van der Waals surface area contributed by atoms with Crippen LogP contribution in [0.3, 0.4) is 0 Å². The van der Waals surface area contributed by atoms with Crippen molar-refractivity contribution in [1.29, 1.82) is 0 Å². The summed E-state index contributed by atoms with van der Waals surface area (Å²) in [5.41, 5.74) is -0.306. The molecule has 21 heavy (non-hydrogen) atoms. The molecule has 120 valence electrons. The summed E-state index contributed by atoms with van der Waals surface area (Å²) in [6.07, 6.45) is 0.616. The predicted molar refractivity (Wildman–Crippen MR) is 78.1 cm³/mol. The first-order valence-corrected chi connectivity index (χ1v) is 8.05. The topological polar surface area (TPSA) is 99.9 Å². The number of carbonyl (C=O) groups is 1. The van der Waals surface area contributed by atoms with Crippen LogP contribution in [0.2, 0.25) is 0 Å². The van der Waals surface area contributed by atoms with Gasteiger partial charge in [0.2, 0.25) is 10.0 Å². The average molecular weight is 318 g/mol. The molecule has 0 saturated carbocycles. The van der Waals surface area contributed by atoms with E-state index < -0.39 is 16.0 Å². The van der Waals surface area contributed by atoms with Crippen molar-refractivity contribution in [2.24, 2.45) is 0 Å². The molecule has 7 nitrogen and oxygen atoms in total. The molecule has 0 aliphatic rings. The van der Waals surface area contributed by atoms with Crippen molar-refractivity contribution in [2.45, 2.75) is 38.1 Å². The number of nitrogens with one attached hydrogen (secondary N) is 1. The summed E-state index contributed by atoms with van der Waals surface area (Å²) in [6.45, 7) is 5.34. The molecule has 2 N–H and O–H groups in total. The maximum absolute atomic E-state index is 12.4. The number of aromatic carboxylic acids is 1. The van der Waals surface area contributed by atoms with Crippen molar-refractivity contribution in [3.63, 3.8) is 0 Å². The summed E-state index contributed by atoms with van der Waals surface area (Å²) in [5, 5.41) is 9.17. The Bertz CT molecular complexity index is 619. The van der Waals surface area contributed by atoms with Crippen LogP contribution in [-0.2, 0) is 10.0 Å². The lowest BCUT2D eigenvalue weighted by atomic mass is 10.2. The van der Waals surface area contributed by atoms with E-state index >= 15 is 0 Å². The van der Waals surface area contributed by atoms with Crippen LogP contribution >= 0.6 is 0 Å². The number of carboxylic acid groups (broad SMARTS) is 1. The Morgan fingerprint density at radius 1 is 1.33 bits per heavy atom. The Kier molecular flexibility index (Phi) is 5.54. The minimum absolute atomic E-state index is 0.0807. The summed E-state index contributed by atoms with van der Waals surface area (Å²) in [6, 6.07) is -0.311. The molecule has 1 atom stereocenters. The Labute approximate surface area is 125 Å². The molecule has 0 aliphatic carbocycles. The summed E-state index contributed by atoms with van der Waals surface area (Å²) >= 11 is 0. The van der Waals surface area contributed by atoms with Gasteiger partial charge in [0, 0.05) is 6.04 Å². The molecule has 0 radical (unpaired) electrons. The highest BCUT2D eigenvalue weighted by atomic mass is 32.2. The quantitative estimate of drug-likeness (QED) is 0.784. The number of hydrogen-bond donors (Lipinski definition) is 2. The van der Waals surface area contributed by atoms with Crippen LogP contribution < -0.4 is 4.72 Å². The molecule has 0 spiro atoms. The van der Waals surface area contributed by atoms with Crippen molar-refractivity contribution in [2.75, 3.05) is 20.6 Å². The van der Waals surface area contributed by atoms with Gasteiger partial charge in [-0.2, -0.15) is 0 Å². The number of aryl methyl sites for hydroxylation is 2. The van der Waals surface area contributed by atoms with Crippen molar-refractivity contribution < 1.29 is 22.7 Å². The first-order chi connectivity index (χ1) is 9.56. The number of hydrogen-bond acceptors (Lipinski definition) is 5. The zero-order valence-corrected chi connectivity index (χ0v) is 13.7. The van der Waals surface area contributed by atoms with E-state index in [-0.39, 0.29) is 28.0 Å². The molecule has 0 bridgehead atoms. The molecule has 8 heteroatoms. The van der Waals surface area contributed by atoms with Crippen LogP contribution in [0.25, 0.3) is 0 Å². The molecule has 1 unspecified atom stereocenters. The molecule has 1 aromatic rings. The molecule has 1 aromatic heterocycles. The van der Waals surface area contributed by atoms with Gasteiger partial charge in [-0.25, -0.2) is 17.9 Å². The molecular weight excluding hydrogens is 296 g/mol. The van der Waals surface area contributed by atoms with Crippen LogP contribution in [0.1, 0.15) is 35.2 Å². The van der Waals surface area contributed by atoms with E-state index in [2.05, 4.69) is 4.72 Å². The van der Waals surface area contributed by atoms with Gasteiger partial charge in [0.25, 0.3) is 0 Å². The van der Waals surface area contributed by atoms with Gasteiger partial charge < -0.3 is 14.4 Å². The maximum atomic E-state index is 12.4. The highest BCUT2D eigenvalue weighted by Gasteiger charge is 2.31. The van der Waals surface area contributed by atoms with Crippen molar-refractivity contribution in [3.8, 4) is 0 Å². The molecule has 0 saturated heterocycles. The molecular formula is C13H22N2O5S. The molecule has 0 fully saturated rings. The first-order valence-electron chi connectivity index (χ1n) is 6.56. The summed E-state index contributed by atoms with van der Waals surface area (Å²) in [5.74, 6) is -1.15. The summed E-state index contributed by atoms with van der Waals surface area (Å²) in [4.78, 5) is 12.9. The normalized spacial score (nSPS) is 13.6. The minimum atomic E-state index is -3.94. The Balaban J connectivity index is 3.06. The van der Waals surface area contributed by atoms with Crippen LogP contribution in [0, 0.1) is 13.8 Å². The van der Waals surface area contributed by atoms with Crippen LogP contribution in [-0.4, -0.2) is 51.1 Å². The molecule has 0 aliphatic heterocycles. The van der Waals surface area contributed by atoms with Gasteiger partial charge in [-0.1, -0.05) is 0 Å². The van der Waals surface area contributed by atoms with E-state index in [1.165, 1.54) is 13.8 Å².